The summed E-state index contributed by atoms with van der Waals surface area (Å²) in [6.45, 7) is 0.449. The minimum Gasteiger partial charge on any atom is -0.351 e. The van der Waals surface area contributed by atoms with Crippen LogP contribution in [0.2, 0.25) is 0 Å². The third kappa shape index (κ3) is 5.46. The topological polar surface area (TPSA) is 75.3 Å². The van der Waals surface area contributed by atoms with Crippen molar-refractivity contribution in [1.82, 2.24) is 10.0 Å². The lowest BCUT2D eigenvalue weighted by molar-refractivity contribution is 0.0953. The Morgan fingerprint density at radius 2 is 1.94 bits per heavy atom. The van der Waals surface area contributed by atoms with Gasteiger partial charge in [0.15, 0.2) is 0 Å². The van der Waals surface area contributed by atoms with Gasteiger partial charge in [-0.3, -0.25) is 4.79 Å². The summed E-state index contributed by atoms with van der Waals surface area (Å²) in [6.07, 6.45) is 1.08. The predicted octanol–water partition coefficient (Wildman–Crippen LogP) is 0.570. The van der Waals surface area contributed by atoms with Gasteiger partial charge in [0.1, 0.15) is 0 Å². The lowest BCUT2D eigenvalue weighted by Crippen LogP contribution is -2.34. The molecule has 7 heteroatoms. The molecule has 1 aromatic carbocycles. The summed E-state index contributed by atoms with van der Waals surface area (Å²) in [5, 5.41) is 2.64. The average Bonchev–Trinajstić information content (AvgIpc) is 2.23. The second kappa shape index (κ2) is 6.31. The third-order valence-electron chi connectivity index (χ3n) is 1.89. The Kier molecular flexibility index (Phi) is 5.34. The molecule has 17 heavy (non-hydrogen) atoms. The number of halogens is 1. The Bertz CT molecular complexity index is 502. The number of carbonyl (C=O) groups is 1. The monoisotopic (exact) mass is 368 g/mol. The molecule has 0 saturated heterocycles. The van der Waals surface area contributed by atoms with E-state index < -0.39 is 10.0 Å². The van der Waals surface area contributed by atoms with Crippen molar-refractivity contribution >= 4 is 38.5 Å². The predicted molar refractivity (Wildman–Crippen MR) is 74.3 cm³/mol. The van der Waals surface area contributed by atoms with Crippen LogP contribution in [0, 0.1) is 3.57 Å². The number of benzene rings is 1. The summed E-state index contributed by atoms with van der Waals surface area (Å²) >= 11 is 2.08. The molecule has 94 valence electrons. The number of carbonyl (C=O) groups excluding carboxylic acids is 1. The molecule has 0 bridgehead atoms. The summed E-state index contributed by atoms with van der Waals surface area (Å²) in [7, 11) is -3.20. The van der Waals surface area contributed by atoms with Crippen molar-refractivity contribution in [2.75, 3.05) is 19.3 Å². The van der Waals surface area contributed by atoms with Crippen LogP contribution in [-0.2, 0) is 10.0 Å². The second-order valence-electron chi connectivity index (χ2n) is 3.40. The summed E-state index contributed by atoms with van der Waals surface area (Å²) in [4.78, 5) is 11.7. The molecule has 0 saturated carbocycles. The van der Waals surface area contributed by atoms with Gasteiger partial charge in [-0.15, -0.1) is 0 Å². The Labute approximate surface area is 114 Å². The van der Waals surface area contributed by atoms with Crippen molar-refractivity contribution in [3.63, 3.8) is 0 Å². The lowest BCUT2D eigenvalue weighted by Gasteiger charge is -2.06. The van der Waals surface area contributed by atoms with Crippen LogP contribution >= 0.6 is 22.6 Å². The Balaban J connectivity index is 2.44. The van der Waals surface area contributed by atoms with Crippen molar-refractivity contribution in [3.8, 4) is 0 Å². The largest absolute Gasteiger partial charge is 0.351 e. The zero-order chi connectivity index (χ0) is 12.9. The van der Waals surface area contributed by atoms with Crippen LogP contribution < -0.4 is 10.0 Å². The summed E-state index contributed by atoms with van der Waals surface area (Å²) in [5.74, 6) is -0.203. The molecule has 0 atom stereocenters. The molecule has 1 aromatic rings. The molecular formula is C10H13IN2O3S. The van der Waals surface area contributed by atoms with E-state index in [1.54, 1.807) is 12.1 Å². The van der Waals surface area contributed by atoms with Crippen molar-refractivity contribution in [3.05, 3.63) is 33.4 Å². The first-order valence-electron chi connectivity index (χ1n) is 4.87. The maximum absolute atomic E-state index is 11.7. The van der Waals surface area contributed by atoms with Gasteiger partial charge in [0.05, 0.1) is 11.8 Å². The van der Waals surface area contributed by atoms with Gasteiger partial charge >= 0.3 is 0 Å². The molecule has 0 aliphatic rings. The molecule has 5 nitrogen and oxygen atoms in total. The fourth-order valence-corrected chi connectivity index (χ4v) is 2.26. The number of hydrogen-bond acceptors (Lipinski definition) is 3. The first-order chi connectivity index (χ1) is 7.90. The molecule has 2 N–H and O–H groups in total. The highest BCUT2D eigenvalue weighted by Crippen LogP contribution is 2.10. The highest BCUT2D eigenvalue weighted by Gasteiger charge is 2.08. The van der Waals surface area contributed by atoms with Crippen LogP contribution in [0.25, 0.3) is 0 Å². The summed E-state index contributed by atoms with van der Waals surface area (Å²) in [6, 6.07) is 7.20. The van der Waals surface area contributed by atoms with E-state index in [0.717, 1.165) is 9.83 Å². The molecule has 0 heterocycles. The van der Waals surface area contributed by atoms with Crippen LogP contribution in [-0.4, -0.2) is 33.7 Å². The van der Waals surface area contributed by atoms with E-state index in [2.05, 4.69) is 32.6 Å². The van der Waals surface area contributed by atoms with E-state index in [1.807, 2.05) is 12.1 Å². The van der Waals surface area contributed by atoms with E-state index in [9.17, 15) is 13.2 Å². The molecule has 0 aliphatic carbocycles. The smallest absolute Gasteiger partial charge is 0.252 e. The molecule has 0 fully saturated rings. The zero-order valence-electron chi connectivity index (χ0n) is 9.23. The molecule has 1 rings (SSSR count). The lowest BCUT2D eigenvalue weighted by atomic mass is 10.2. The SMILES string of the molecule is CS(=O)(=O)NCCNC(=O)c1ccccc1I. The zero-order valence-corrected chi connectivity index (χ0v) is 12.2. The summed E-state index contributed by atoms with van der Waals surface area (Å²) in [5.41, 5.74) is 0.590. The van der Waals surface area contributed by atoms with Gasteiger partial charge in [0, 0.05) is 16.7 Å². The van der Waals surface area contributed by atoms with Crippen LogP contribution in [0.5, 0.6) is 0 Å². The maximum Gasteiger partial charge on any atom is 0.252 e. The Morgan fingerprint density at radius 1 is 1.29 bits per heavy atom. The van der Waals surface area contributed by atoms with E-state index in [4.69, 9.17) is 0 Å². The highest BCUT2D eigenvalue weighted by atomic mass is 127. The Hall–Kier alpha value is -0.670. The van der Waals surface area contributed by atoms with Gasteiger partial charge in [0.2, 0.25) is 10.0 Å². The van der Waals surface area contributed by atoms with Crippen LogP contribution in [0.15, 0.2) is 24.3 Å². The fourth-order valence-electron chi connectivity index (χ4n) is 1.15. The standard InChI is InChI=1S/C10H13IN2O3S/c1-17(15,16)13-7-6-12-10(14)8-4-2-3-5-9(8)11/h2-5,13H,6-7H2,1H3,(H,12,14). The van der Waals surface area contributed by atoms with E-state index in [0.29, 0.717) is 5.56 Å². The normalized spacial score (nSPS) is 11.2. The molecular weight excluding hydrogens is 355 g/mol. The summed E-state index contributed by atoms with van der Waals surface area (Å²) < 4.78 is 24.7. The number of nitrogens with one attached hydrogen (secondary N) is 2. The van der Waals surface area contributed by atoms with Gasteiger partial charge in [-0.25, -0.2) is 13.1 Å². The molecule has 0 spiro atoms. The van der Waals surface area contributed by atoms with Gasteiger partial charge in [-0.2, -0.15) is 0 Å². The number of hydrogen-bond donors (Lipinski definition) is 2. The van der Waals surface area contributed by atoms with Crippen molar-refractivity contribution < 1.29 is 13.2 Å². The van der Waals surface area contributed by atoms with Gasteiger partial charge in [-0.05, 0) is 34.7 Å². The average molecular weight is 368 g/mol. The van der Waals surface area contributed by atoms with Crippen molar-refractivity contribution in [2.45, 2.75) is 0 Å². The molecule has 1 amide bonds. The van der Waals surface area contributed by atoms with Gasteiger partial charge < -0.3 is 5.32 Å². The second-order valence-corrected chi connectivity index (χ2v) is 6.40. The van der Waals surface area contributed by atoms with E-state index in [1.165, 1.54) is 0 Å². The first kappa shape index (κ1) is 14.4. The van der Waals surface area contributed by atoms with Crippen molar-refractivity contribution in [2.24, 2.45) is 0 Å². The minimum absolute atomic E-state index is 0.188. The van der Waals surface area contributed by atoms with Gasteiger partial charge in [-0.1, -0.05) is 12.1 Å². The first-order valence-corrected chi connectivity index (χ1v) is 7.84. The van der Waals surface area contributed by atoms with E-state index >= 15 is 0 Å². The minimum atomic E-state index is -3.20. The van der Waals surface area contributed by atoms with Crippen LogP contribution in [0.3, 0.4) is 0 Å². The van der Waals surface area contributed by atoms with Gasteiger partial charge in [0.25, 0.3) is 5.91 Å². The third-order valence-corrected chi connectivity index (χ3v) is 3.56. The van der Waals surface area contributed by atoms with Crippen LogP contribution in [0.4, 0.5) is 0 Å². The van der Waals surface area contributed by atoms with Crippen molar-refractivity contribution in [1.29, 1.82) is 0 Å². The number of amides is 1. The van der Waals surface area contributed by atoms with E-state index in [-0.39, 0.29) is 19.0 Å². The molecule has 0 aromatic heterocycles. The quantitative estimate of drug-likeness (QED) is 0.590. The number of rotatable bonds is 5. The van der Waals surface area contributed by atoms with Crippen LogP contribution in [0.1, 0.15) is 10.4 Å². The molecule has 0 unspecified atom stereocenters. The fraction of sp³-hybridized carbons (Fsp3) is 0.300. The maximum atomic E-state index is 11.7. The Morgan fingerprint density at radius 3 is 2.53 bits per heavy atom. The number of sulfonamides is 1. The molecule has 0 aliphatic heterocycles. The molecule has 0 radical (unpaired) electrons. The highest BCUT2D eigenvalue weighted by molar-refractivity contribution is 14.1.